The van der Waals surface area contributed by atoms with E-state index in [4.69, 9.17) is 14.2 Å². The van der Waals surface area contributed by atoms with Crippen LogP contribution in [-0.2, 0) is 16.1 Å². The van der Waals surface area contributed by atoms with E-state index in [0.29, 0.717) is 42.1 Å². The number of methoxy groups -OCH3 is 2. The van der Waals surface area contributed by atoms with Crippen LogP contribution in [0, 0.1) is 0 Å². The average Bonchev–Trinajstić information content (AvgIpc) is 3.25. The number of anilines is 2. The highest BCUT2D eigenvalue weighted by molar-refractivity contribution is 7.99. The van der Waals surface area contributed by atoms with Gasteiger partial charge in [0.1, 0.15) is 11.5 Å². The third kappa shape index (κ3) is 5.96. The Kier molecular flexibility index (Phi) is 7.69. The molecule has 174 valence electrons. The summed E-state index contributed by atoms with van der Waals surface area (Å²) in [4.78, 5) is 14.8. The molecule has 1 aromatic heterocycles. The van der Waals surface area contributed by atoms with Crippen molar-refractivity contribution in [1.29, 1.82) is 0 Å². The lowest BCUT2D eigenvalue weighted by atomic mass is 10.2. The average molecular weight is 470 g/mol. The van der Waals surface area contributed by atoms with E-state index in [9.17, 15) is 4.79 Å². The van der Waals surface area contributed by atoms with Gasteiger partial charge in [-0.1, -0.05) is 42.1 Å². The fraction of sp³-hybridized carbons (Fsp3) is 0.348. The third-order valence-corrected chi connectivity index (χ3v) is 6.11. The minimum absolute atomic E-state index is 0.155. The molecule has 0 unspecified atom stereocenters. The summed E-state index contributed by atoms with van der Waals surface area (Å²) in [6, 6.07) is 15.4. The van der Waals surface area contributed by atoms with E-state index in [2.05, 4.69) is 37.1 Å². The predicted octanol–water partition coefficient (Wildman–Crippen LogP) is 2.91. The van der Waals surface area contributed by atoms with Gasteiger partial charge in [0.25, 0.3) is 0 Å². The Labute approximate surface area is 197 Å². The SMILES string of the molecule is COc1cc(NC(=O)CSc2nnc(N3CCOCC3)n2Cc2ccccc2)cc(OC)c1. The Balaban J connectivity index is 1.48. The molecule has 33 heavy (non-hydrogen) atoms. The van der Waals surface area contributed by atoms with Crippen molar-refractivity contribution < 1.29 is 19.0 Å². The predicted molar refractivity (Wildman–Crippen MR) is 127 cm³/mol. The minimum atomic E-state index is -0.155. The Morgan fingerprint density at radius 1 is 1.06 bits per heavy atom. The molecule has 0 saturated carbocycles. The van der Waals surface area contributed by atoms with Gasteiger partial charge in [0, 0.05) is 37.0 Å². The van der Waals surface area contributed by atoms with Gasteiger partial charge < -0.3 is 24.4 Å². The highest BCUT2D eigenvalue weighted by atomic mass is 32.2. The molecule has 10 heteroatoms. The van der Waals surface area contributed by atoms with E-state index in [0.717, 1.165) is 24.6 Å². The molecule has 0 spiro atoms. The number of ether oxygens (including phenoxy) is 3. The number of thioether (sulfide) groups is 1. The zero-order valence-electron chi connectivity index (χ0n) is 18.7. The molecular formula is C23H27N5O4S. The maximum absolute atomic E-state index is 12.7. The van der Waals surface area contributed by atoms with E-state index in [1.165, 1.54) is 11.8 Å². The molecule has 3 aromatic rings. The van der Waals surface area contributed by atoms with Gasteiger partial charge in [0.05, 0.1) is 39.7 Å². The van der Waals surface area contributed by atoms with Crippen LogP contribution >= 0.6 is 11.8 Å². The molecule has 1 saturated heterocycles. The second-order valence-corrected chi connectivity index (χ2v) is 8.33. The summed E-state index contributed by atoms with van der Waals surface area (Å²) in [5.41, 5.74) is 1.75. The first-order chi connectivity index (χ1) is 16.2. The number of hydrogen-bond donors (Lipinski definition) is 1. The number of morpholine rings is 1. The molecule has 1 fully saturated rings. The maximum atomic E-state index is 12.7. The van der Waals surface area contributed by atoms with Crippen LogP contribution in [0.1, 0.15) is 5.56 Å². The summed E-state index contributed by atoms with van der Waals surface area (Å²) in [5, 5.41) is 12.4. The van der Waals surface area contributed by atoms with E-state index in [1.807, 2.05) is 18.2 Å². The maximum Gasteiger partial charge on any atom is 0.234 e. The van der Waals surface area contributed by atoms with Crippen molar-refractivity contribution in [2.45, 2.75) is 11.7 Å². The lowest BCUT2D eigenvalue weighted by molar-refractivity contribution is -0.113. The van der Waals surface area contributed by atoms with Gasteiger partial charge in [-0.3, -0.25) is 9.36 Å². The second-order valence-electron chi connectivity index (χ2n) is 7.39. The zero-order chi connectivity index (χ0) is 23.0. The van der Waals surface area contributed by atoms with Gasteiger partial charge >= 0.3 is 0 Å². The van der Waals surface area contributed by atoms with Gasteiger partial charge in [-0.2, -0.15) is 0 Å². The van der Waals surface area contributed by atoms with Crippen LogP contribution in [0.15, 0.2) is 53.7 Å². The van der Waals surface area contributed by atoms with Gasteiger partial charge in [0.2, 0.25) is 11.9 Å². The fourth-order valence-corrected chi connectivity index (χ4v) is 4.23. The molecule has 0 bridgehead atoms. The summed E-state index contributed by atoms with van der Waals surface area (Å²) in [7, 11) is 3.14. The van der Waals surface area contributed by atoms with Crippen LogP contribution in [-0.4, -0.2) is 66.9 Å². The monoisotopic (exact) mass is 469 g/mol. The van der Waals surface area contributed by atoms with Gasteiger partial charge in [-0.05, 0) is 5.56 Å². The number of benzene rings is 2. The van der Waals surface area contributed by atoms with Gasteiger partial charge in [-0.25, -0.2) is 0 Å². The Morgan fingerprint density at radius 3 is 2.42 bits per heavy atom. The number of carbonyl (C=O) groups excluding carboxylic acids is 1. The van der Waals surface area contributed by atoms with Crippen molar-refractivity contribution in [1.82, 2.24) is 14.8 Å². The topological polar surface area (TPSA) is 90.7 Å². The highest BCUT2D eigenvalue weighted by Gasteiger charge is 2.21. The molecule has 4 rings (SSSR count). The Morgan fingerprint density at radius 2 is 1.76 bits per heavy atom. The molecule has 1 aliphatic heterocycles. The van der Waals surface area contributed by atoms with E-state index in [1.54, 1.807) is 32.4 Å². The Bertz CT molecular complexity index is 1050. The van der Waals surface area contributed by atoms with Crippen molar-refractivity contribution >= 4 is 29.3 Å². The van der Waals surface area contributed by atoms with Crippen LogP contribution in [0.5, 0.6) is 11.5 Å². The number of amides is 1. The number of carbonyl (C=O) groups is 1. The fourth-order valence-electron chi connectivity index (χ4n) is 3.50. The van der Waals surface area contributed by atoms with Crippen molar-refractivity contribution in [3.63, 3.8) is 0 Å². The summed E-state index contributed by atoms with van der Waals surface area (Å²) >= 11 is 1.36. The van der Waals surface area contributed by atoms with Crippen LogP contribution in [0.4, 0.5) is 11.6 Å². The molecule has 2 aromatic carbocycles. The minimum Gasteiger partial charge on any atom is -0.497 e. The quantitative estimate of drug-likeness (QED) is 0.479. The second kappa shape index (κ2) is 11.1. The first kappa shape index (κ1) is 22.9. The Hall–Kier alpha value is -3.24. The van der Waals surface area contributed by atoms with Gasteiger partial charge in [0.15, 0.2) is 5.16 Å². The lowest BCUT2D eigenvalue weighted by Crippen LogP contribution is -2.38. The number of hydrogen-bond acceptors (Lipinski definition) is 8. The molecular weight excluding hydrogens is 442 g/mol. The molecule has 2 heterocycles. The van der Waals surface area contributed by atoms with Crippen molar-refractivity contribution in [2.24, 2.45) is 0 Å². The van der Waals surface area contributed by atoms with Crippen LogP contribution in [0.2, 0.25) is 0 Å². The first-order valence-corrected chi connectivity index (χ1v) is 11.6. The third-order valence-electron chi connectivity index (χ3n) is 5.14. The molecule has 0 radical (unpaired) electrons. The molecule has 1 aliphatic rings. The zero-order valence-corrected chi connectivity index (χ0v) is 19.5. The number of nitrogens with zero attached hydrogens (tertiary/aromatic N) is 4. The molecule has 0 atom stereocenters. The summed E-state index contributed by atoms with van der Waals surface area (Å²) in [6.07, 6.45) is 0. The summed E-state index contributed by atoms with van der Waals surface area (Å²) in [5.74, 6) is 2.04. The van der Waals surface area contributed by atoms with Crippen LogP contribution in [0.3, 0.4) is 0 Å². The van der Waals surface area contributed by atoms with Crippen molar-refractivity contribution in [3.05, 3.63) is 54.1 Å². The van der Waals surface area contributed by atoms with Crippen LogP contribution in [0.25, 0.3) is 0 Å². The smallest absolute Gasteiger partial charge is 0.234 e. The van der Waals surface area contributed by atoms with E-state index < -0.39 is 0 Å². The van der Waals surface area contributed by atoms with Gasteiger partial charge in [-0.15, -0.1) is 10.2 Å². The largest absolute Gasteiger partial charge is 0.497 e. The normalized spacial score (nSPS) is 13.6. The summed E-state index contributed by atoms with van der Waals surface area (Å²) in [6.45, 7) is 3.46. The molecule has 1 amide bonds. The van der Waals surface area contributed by atoms with E-state index in [-0.39, 0.29) is 11.7 Å². The van der Waals surface area contributed by atoms with E-state index >= 15 is 0 Å². The number of aromatic nitrogens is 3. The molecule has 0 aliphatic carbocycles. The van der Waals surface area contributed by atoms with Crippen molar-refractivity contribution in [2.75, 3.05) is 56.5 Å². The highest BCUT2D eigenvalue weighted by Crippen LogP contribution is 2.27. The van der Waals surface area contributed by atoms with Crippen LogP contribution < -0.4 is 19.7 Å². The number of rotatable bonds is 9. The molecule has 9 nitrogen and oxygen atoms in total. The molecule has 1 N–H and O–H groups in total. The summed E-state index contributed by atoms with van der Waals surface area (Å²) < 4.78 is 18.1. The lowest BCUT2D eigenvalue weighted by Gasteiger charge is -2.28. The standard InChI is InChI=1S/C23H27N5O4S/c1-30-19-12-18(13-20(14-19)31-2)24-21(29)16-33-23-26-25-22(27-8-10-32-11-9-27)28(23)15-17-6-4-3-5-7-17/h3-7,12-14H,8-11,15-16H2,1-2H3,(H,24,29). The first-order valence-electron chi connectivity index (χ1n) is 10.6. The van der Waals surface area contributed by atoms with Crippen molar-refractivity contribution in [3.8, 4) is 11.5 Å². The number of nitrogens with one attached hydrogen (secondary N) is 1.